The van der Waals surface area contributed by atoms with Crippen molar-refractivity contribution in [2.24, 2.45) is 10.9 Å². The van der Waals surface area contributed by atoms with Crippen molar-refractivity contribution in [2.75, 3.05) is 32.4 Å². The molecule has 0 radical (unpaired) electrons. The Morgan fingerprint density at radius 1 is 1.16 bits per heavy atom. The number of amides is 1. The maximum Gasteiger partial charge on any atom is 0.225 e. The van der Waals surface area contributed by atoms with Crippen molar-refractivity contribution in [2.45, 2.75) is 44.7 Å². The molecule has 0 spiro atoms. The van der Waals surface area contributed by atoms with Crippen molar-refractivity contribution in [1.29, 1.82) is 0 Å². The lowest BCUT2D eigenvalue weighted by molar-refractivity contribution is -0.134. The van der Waals surface area contributed by atoms with Crippen molar-refractivity contribution in [1.82, 2.24) is 20.3 Å². The largest absolute Gasteiger partial charge is 0.355 e. The van der Waals surface area contributed by atoms with Gasteiger partial charge in [-0.05, 0) is 24.8 Å². The smallest absolute Gasteiger partial charge is 0.225 e. The number of aliphatic imine (C=N–C) groups is 1. The number of likely N-dealkylation sites (tertiary alicyclic amines) is 1. The first-order chi connectivity index (χ1) is 14.5. The van der Waals surface area contributed by atoms with Gasteiger partial charge in [0.05, 0.1) is 5.75 Å². The van der Waals surface area contributed by atoms with Crippen LogP contribution < -0.4 is 15.4 Å². The SMILES string of the molecule is CN=C(NCCS(=O)(=O)NCc1ccccc1)NC1CCN(C(=O)C2CCCC2)C1.I. The summed E-state index contributed by atoms with van der Waals surface area (Å²) in [4.78, 5) is 18.7. The number of benzene rings is 1. The molecule has 1 aromatic carbocycles. The second kappa shape index (κ2) is 12.6. The van der Waals surface area contributed by atoms with E-state index in [1.54, 1.807) is 7.05 Å². The standard InChI is InChI=1S/C21H33N5O3S.HI/c1-22-21(23-12-14-30(28,29)24-15-17-7-3-2-4-8-17)25-19-11-13-26(16-19)20(27)18-9-5-6-10-18;/h2-4,7-8,18-19,24H,5-6,9-16H2,1H3,(H2,22,23,25);1H. The first-order valence-corrected chi connectivity index (χ1v) is 12.4. The van der Waals surface area contributed by atoms with Gasteiger partial charge in [-0.3, -0.25) is 9.79 Å². The minimum Gasteiger partial charge on any atom is -0.355 e. The van der Waals surface area contributed by atoms with Gasteiger partial charge in [0.15, 0.2) is 5.96 Å². The minimum atomic E-state index is -3.39. The number of nitrogens with one attached hydrogen (secondary N) is 3. The van der Waals surface area contributed by atoms with Gasteiger partial charge in [0.25, 0.3) is 0 Å². The van der Waals surface area contributed by atoms with Crippen LogP contribution in [0.1, 0.15) is 37.7 Å². The highest BCUT2D eigenvalue weighted by molar-refractivity contribution is 14.0. The lowest BCUT2D eigenvalue weighted by Gasteiger charge is -2.21. The van der Waals surface area contributed by atoms with E-state index in [-0.39, 0.29) is 60.7 Å². The summed E-state index contributed by atoms with van der Waals surface area (Å²) < 4.78 is 27.0. The zero-order valence-corrected chi connectivity index (χ0v) is 21.2. The summed E-state index contributed by atoms with van der Waals surface area (Å²) in [5.41, 5.74) is 0.921. The van der Waals surface area contributed by atoms with Crippen LogP contribution in [0, 0.1) is 5.92 Å². The fraction of sp³-hybridized carbons (Fsp3) is 0.619. The van der Waals surface area contributed by atoms with Crippen LogP contribution >= 0.6 is 24.0 Å². The summed E-state index contributed by atoms with van der Waals surface area (Å²) >= 11 is 0. The Labute approximate surface area is 202 Å². The van der Waals surface area contributed by atoms with Gasteiger partial charge in [-0.2, -0.15) is 0 Å². The molecule has 3 rings (SSSR count). The molecule has 3 N–H and O–H groups in total. The van der Waals surface area contributed by atoms with E-state index >= 15 is 0 Å². The van der Waals surface area contributed by atoms with Gasteiger partial charge in [0.1, 0.15) is 0 Å². The molecule has 1 atom stereocenters. The van der Waals surface area contributed by atoms with Gasteiger partial charge in [0, 0.05) is 45.2 Å². The predicted molar refractivity (Wildman–Crippen MR) is 134 cm³/mol. The molecule has 1 saturated heterocycles. The zero-order valence-electron chi connectivity index (χ0n) is 18.0. The molecular weight excluding hydrogens is 529 g/mol. The number of halogens is 1. The van der Waals surface area contributed by atoms with Crippen molar-refractivity contribution in [3.63, 3.8) is 0 Å². The second-order valence-corrected chi connectivity index (χ2v) is 9.95. The molecule has 1 aliphatic carbocycles. The summed E-state index contributed by atoms with van der Waals surface area (Å²) in [5, 5.41) is 6.38. The number of hydrogen-bond donors (Lipinski definition) is 3. The van der Waals surface area contributed by atoms with Crippen molar-refractivity contribution in [3.05, 3.63) is 35.9 Å². The Balaban J connectivity index is 0.00000341. The molecule has 2 fully saturated rings. The number of nitrogens with zero attached hydrogens (tertiary/aromatic N) is 2. The molecule has 1 amide bonds. The Kier molecular flexibility index (Phi) is 10.5. The molecular formula is C21H34IN5O3S. The van der Waals surface area contributed by atoms with Crippen LogP contribution in [0.2, 0.25) is 0 Å². The zero-order chi connectivity index (χ0) is 21.4. The number of rotatable bonds is 8. The van der Waals surface area contributed by atoms with Gasteiger partial charge in [-0.1, -0.05) is 43.2 Å². The fourth-order valence-electron chi connectivity index (χ4n) is 4.06. The molecule has 1 saturated carbocycles. The van der Waals surface area contributed by atoms with Crippen molar-refractivity contribution < 1.29 is 13.2 Å². The normalized spacial score (nSPS) is 19.8. The van der Waals surface area contributed by atoms with E-state index in [2.05, 4.69) is 20.3 Å². The molecule has 31 heavy (non-hydrogen) atoms. The number of hydrogen-bond acceptors (Lipinski definition) is 4. The van der Waals surface area contributed by atoms with E-state index in [1.165, 1.54) is 0 Å². The topological polar surface area (TPSA) is 103 Å². The van der Waals surface area contributed by atoms with Gasteiger partial charge in [-0.25, -0.2) is 13.1 Å². The number of guanidine groups is 1. The van der Waals surface area contributed by atoms with Crippen LogP contribution in [0.3, 0.4) is 0 Å². The number of carbonyl (C=O) groups excluding carboxylic acids is 1. The molecule has 0 aromatic heterocycles. The summed E-state index contributed by atoms with van der Waals surface area (Å²) in [6.07, 6.45) is 5.22. The minimum absolute atomic E-state index is 0. The maximum absolute atomic E-state index is 12.6. The molecule has 1 aromatic rings. The maximum atomic E-state index is 12.6. The van der Waals surface area contributed by atoms with Crippen molar-refractivity contribution in [3.8, 4) is 0 Å². The lowest BCUT2D eigenvalue weighted by atomic mass is 10.1. The van der Waals surface area contributed by atoms with Gasteiger partial charge < -0.3 is 15.5 Å². The molecule has 2 aliphatic rings. The van der Waals surface area contributed by atoms with Gasteiger partial charge in [0.2, 0.25) is 15.9 Å². The van der Waals surface area contributed by atoms with Crippen LogP contribution in [-0.4, -0.2) is 63.7 Å². The van der Waals surface area contributed by atoms with Crippen LogP contribution in [0.5, 0.6) is 0 Å². The molecule has 174 valence electrons. The monoisotopic (exact) mass is 563 g/mol. The van der Waals surface area contributed by atoms with Crippen LogP contribution in [0.4, 0.5) is 0 Å². The first kappa shape index (κ1) is 25.9. The molecule has 1 heterocycles. The van der Waals surface area contributed by atoms with E-state index in [4.69, 9.17) is 0 Å². The Bertz CT molecular complexity index is 829. The predicted octanol–water partition coefficient (Wildman–Crippen LogP) is 1.68. The third-order valence-corrected chi connectivity index (χ3v) is 7.10. The number of sulfonamides is 1. The third kappa shape index (κ3) is 8.23. The summed E-state index contributed by atoms with van der Waals surface area (Å²) in [7, 11) is -1.73. The fourth-order valence-corrected chi connectivity index (χ4v) is 4.96. The Morgan fingerprint density at radius 3 is 2.55 bits per heavy atom. The second-order valence-electron chi connectivity index (χ2n) is 8.02. The first-order valence-electron chi connectivity index (χ1n) is 10.7. The van der Waals surface area contributed by atoms with Crippen LogP contribution in [0.15, 0.2) is 35.3 Å². The van der Waals surface area contributed by atoms with Gasteiger partial charge >= 0.3 is 0 Å². The Hall–Kier alpha value is -1.40. The molecule has 0 bridgehead atoms. The highest BCUT2D eigenvalue weighted by Crippen LogP contribution is 2.27. The van der Waals surface area contributed by atoms with Gasteiger partial charge in [-0.15, -0.1) is 24.0 Å². The van der Waals surface area contributed by atoms with E-state index < -0.39 is 10.0 Å². The lowest BCUT2D eigenvalue weighted by Crippen LogP contribution is -2.46. The summed E-state index contributed by atoms with van der Waals surface area (Å²) in [5.74, 6) is 1.01. The molecule has 1 aliphatic heterocycles. The summed E-state index contributed by atoms with van der Waals surface area (Å²) in [6.45, 7) is 1.97. The molecule has 10 heteroatoms. The quantitative estimate of drug-likeness (QED) is 0.254. The summed E-state index contributed by atoms with van der Waals surface area (Å²) in [6, 6.07) is 9.56. The third-order valence-electron chi connectivity index (χ3n) is 5.77. The van der Waals surface area contributed by atoms with E-state index in [0.29, 0.717) is 12.5 Å². The van der Waals surface area contributed by atoms with E-state index in [0.717, 1.165) is 44.2 Å². The number of carbonyl (C=O) groups is 1. The van der Waals surface area contributed by atoms with Crippen molar-refractivity contribution >= 4 is 45.9 Å². The van der Waals surface area contributed by atoms with E-state index in [9.17, 15) is 13.2 Å². The average Bonchev–Trinajstić information content (AvgIpc) is 3.44. The average molecular weight is 564 g/mol. The highest BCUT2D eigenvalue weighted by Gasteiger charge is 2.32. The van der Waals surface area contributed by atoms with Crippen LogP contribution in [0.25, 0.3) is 0 Å². The molecule has 8 nitrogen and oxygen atoms in total. The van der Waals surface area contributed by atoms with E-state index in [1.807, 2.05) is 35.2 Å². The Morgan fingerprint density at radius 2 is 1.87 bits per heavy atom. The highest BCUT2D eigenvalue weighted by atomic mass is 127. The van der Waals surface area contributed by atoms with Crippen LogP contribution in [-0.2, 0) is 21.4 Å². The molecule has 1 unspecified atom stereocenters.